The van der Waals surface area contributed by atoms with Crippen molar-refractivity contribution in [1.29, 1.82) is 0 Å². The standard InChI is InChI=1S/C22H23Cl2N3O8S/c23-16-13-17(24)19(36(31,32)27-7-10-33-11-8-27)12-15(16)22(30)35-14-20(28)25-3-5-26(6-4-25)21(29)18-2-1-9-34-18/h1-2,9,12-13H,3-8,10-11,14H2. The Balaban J connectivity index is 1.36. The van der Waals surface area contributed by atoms with Crippen LogP contribution in [0.2, 0.25) is 10.0 Å². The van der Waals surface area contributed by atoms with E-state index in [4.69, 9.17) is 37.1 Å². The van der Waals surface area contributed by atoms with E-state index in [1.165, 1.54) is 15.5 Å². The zero-order valence-electron chi connectivity index (χ0n) is 19.0. The second kappa shape index (κ2) is 11.2. The highest BCUT2D eigenvalue weighted by atomic mass is 35.5. The molecule has 2 amide bonds. The van der Waals surface area contributed by atoms with Crippen LogP contribution in [0.5, 0.6) is 0 Å². The highest BCUT2D eigenvalue weighted by Gasteiger charge is 2.31. The molecule has 2 aliphatic rings. The van der Waals surface area contributed by atoms with Crippen LogP contribution in [0.1, 0.15) is 20.9 Å². The summed E-state index contributed by atoms with van der Waals surface area (Å²) in [4.78, 5) is 40.3. The minimum atomic E-state index is -4.00. The van der Waals surface area contributed by atoms with Crippen LogP contribution in [0.25, 0.3) is 0 Å². The predicted molar refractivity (Wildman–Crippen MR) is 128 cm³/mol. The quantitative estimate of drug-likeness (QED) is 0.490. The molecule has 0 saturated carbocycles. The summed E-state index contributed by atoms with van der Waals surface area (Å²) < 4.78 is 42.7. The minimum Gasteiger partial charge on any atom is -0.459 e. The molecule has 0 spiro atoms. The lowest BCUT2D eigenvalue weighted by molar-refractivity contribution is -0.136. The van der Waals surface area contributed by atoms with Crippen LogP contribution in [-0.2, 0) is 24.3 Å². The fraction of sp³-hybridized carbons (Fsp3) is 0.409. The van der Waals surface area contributed by atoms with Crippen molar-refractivity contribution < 1.29 is 36.7 Å². The molecule has 0 N–H and O–H groups in total. The number of nitrogens with zero attached hydrogens (tertiary/aromatic N) is 3. The van der Waals surface area contributed by atoms with E-state index in [1.54, 1.807) is 17.0 Å². The first-order valence-corrected chi connectivity index (χ1v) is 13.2. The van der Waals surface area contributed by atoms with Gasteiger partial charge in [-0.05, 0) is 24.3 Å². The molecule has 2 aliphatic heterocycles. The number of furan rings is 1. The van der Waals surface area contributed by atoms with Gasteiger partial charge in [-0.2, -0.15) is 4.31 Å². The average molecular weight is 560 g/mol. The van der Waals surface area contributed by atoms with E-state index < -0.39 is 28.5 Å². The largest absolute Gasteiger partial charge is 0.459 e. The van der Waals surface area contributed by atoms with Crippen LogP contribution in [0.3, 0.4) is 0 Å². The molecule has 1 aromatic heterocycles. The number of piperazine rings is 1. The Labute approximate surface area is 217 Å². The van der Waals surface area contributed by atoms with Gasteiger partial charge in [0, 0.05) is 39.3 Å². The van der Waals surface area contributed by atoms with Gasteiger partial charge in [-0.15, -0.1) is 0 Å². The van der Waals surface area contributed by atoms with Crippen molar-refractivity contribution in [2.45, 2.75) is 4.90 Å². The number of amides is 2. The number of morpholine rings is 1. The van der Waals surface area contributed by atoms with Gasteiger partial charge in [-0.1, -0.05) is 23.2 Å². The summed E-state index contributed by atoms with van der Waals surface area (Å²) in [7, 11) is -4.00. The molecule has 0 unspecified atom stereocenters. The van der Waals surface area contributed by atoms with Crippen molar-refractivity contribution >= 4 is 51.0 Å². The van der Waals surface area contributed by atoms with Crippen molar-refractivity contribution in [1.82, 2.24) is 14.1 Å². The smallest absolute Gasteiger partial charge is 0.340 e. The third kappa shape index (κ3) is 5.68. The van der Waals surface area contributed by atoms with Crippen molar-refractivity contribution in [3.63, 3.8) is 0 Å². The summed E-state index contributed by atoms with van der Waals surface area (Å²) >= 11 is 12.3. The van der Waals surface area contributed by atoms with Crippen LogP contribution < -0.4 is 0 Å². The topological polar surface area (TPSA) is 127 Å². The molecule has 1 aromatic carbocycles. The number of halogens is 2. The van der Waals surface area contributed by atoms with E-state index in [-0.39, 0.29) is 71.6 Å². The molecule has 2 saturated heterocycles. The van der Waals surface area contributed by atoms with Gasteiger partial charge in [-0.3, -0.25) is 9.59 Å². The van der Waals surface area contributed by atoms with E-state index in [0.29, 0.717) is 13.1 Å². The molecule has 194 valence electrons. The van der Waals surface area contributed by atoms with E-state index >= 15 is 0 Å². The molecule has 0 aliphatic carbocycles. The summed E-state index contributed by atoms with van der Waals surface area (Å²) in [5, 5.41) is -0.246. The molecule has 14 heteroatoms. The molecule has 4 rings (SSSR count). The van der Waals surface area contributed by atoms with Gasteiger partial charge in [0.25, 0.3) is 11.8 Å². The molecule has 2 fully saturated rings. The third-order valence-corrected chi connectivity index (χ3v) is 8.48. The van der Waals surface area contributed by atoms with E-state index in [2.05, 4.69) is 0 Å². The molecule has 3 heterocycles. The maximum Gasteiger partial charge on any atom is 0.340 e. The molecule has 36 heavy (non-hydrogen) atoms. The maximum atomic E-state index is 13.0. The van der Waals surface area contributed by atoms with Gasteiger partial charge in [0.2, 0.25) is 10.0 Å². The maximum absolute atomic E-state index is 13.0. The number of benzene rings is 1. The van der Waals surface area contributed by atoms with E-state index in [1.807, 2.05) is 0 Å². The zero-order valence-corrected chi connectivity index (χ0v) is 21.4. The Kier molecular flexibility index (Phi) is 8.20. The van der Waals surface area contributed by atoms with Gasteiger partial charge in [-0.25, -0.2) is 13.2 Å². The van der Waals surface area contributed by atoms with Gasteiger partial charge >= 0.3 is 5.97 Å². The lowest BCUT2D eigenvalue weighted by Gasteiger charge is -2.34. The van der Waals surface area contributed by atoms with E-state index in [0.717, 1.165) is 12.1 Å². The molecule has 11 nitrogen and oxygen atoms in total. The van der Waals surface area contributed by atoms with Crippen molar-refractivity contribution in [3.8, 4) is 0 Å². The van der Waals surface area contributed by atoms with Gasteiger partial charge in [0.15, 0.2) is 12.4 Å². The number of ether oxygens (including phenoxy) is 2. The zero-order chi connectivity index (χ0) is 25.9. The molecular formula is C22H23Cl2N3O8S. The number of carbonyl (C=O) groups excluding carboxylic acids is 3. The van der Waals surface area contributed by atoms with Crippen LogP contribution in [0.15, 0.2) is 39.8 Å². The lowest BCUT2D eigenvalue weighted by Crippen LogP contribution is -2.51. The summed E-state index contributed by atoms with van der Waals surface area (Å²) in [6.45, 7) is 1.32. The normalized spacial score (nSPS) is 17.2. The predicted octanol–water partition coefficient (Wildman–Crippen LogP) is 1.75. The number of carbonyl (C=O) groups is 3. The first-order valence-electron chi connectivity index (χ1n) is 11.0. The van der Waals surface area contributed by atoms with Crippen molar-refractivity contribution in [3.05, 3.63) is 51.9 Å². The summed E-state index contributed by atoms with van der Waals surface area (Å²) in [6.07, 6.45) is 1.41. The monoisotopic (exact) mass is 559 g/mol. The second-order valence-electron chi connectivity index (χ2n) is 8.01. The number of hydrogen-bond donors (Lipinski definition) is 0. The third-order valence-electron chi connectivity index (χ3n) is 5.81. The first-order chi connectivity index (χ1) is 17.2. The second-order valence-corrected chi connectivity index (χ2v) is 10.7. The SMILES string of the molecule is O=C(OCC(=O)N1CCN(C(=O)c2ccco2)CC1)c1cc(S(=O)(=O)N2CCOCC2)c(Cl)cc1Cl. The number of rotatable bonds is 6. The van der Waals surface area contributed by atoms with Crippen LogP contribution in [0, 0.1) is 0 Å². The lowest BCUT2D eigenvalue weighted by atomic mass is 10.2. The Morgan fingerprint density at radius 2 is 1.61 bits per heavy atom. The van der Waals surface area contributed by atoms with E-state index in [9.17, 15) is 22.8 Å². The summed E-state index contributed by atoms with van der Waals surface area (Å²) in [5.74, 6) is -1.47. The number of esters is 1. The number of hydrogen-bond acceptors (Lipinski definition) is 8. The molecule has 0 bridgehead atoms. The van der Waals surface area contributed by atoms with Crippen molar-refractivity contribution in [2.24, 2.45) is 0 Å². The summed E-state index contributed by atoms with van der Waals surface area (Å²) in [6, 6.07) is 5.40. The van der Waals surface area contributed by atoms with Gasteiger partial charge in [0.05, 0.1) is 35.1 Å². The highest BCUT2D eigenvalue weighted by Crippen LogP contribution is 2.31. The molecule has 0 atom stereocenters. The molecule has 0 radical (unpaired) electrons. The molecular weight excluding hydrogens is 537 g/mol. The fourth-order valence-corrected chi connectivity index (χ4v) is 6.05. The van der Waals surface area contributed by atoms with Crippen molar-refractivity contribution in [2.75, 3.05) is 59.1 Å². The Bertz CT molecular complexity index is 1240. The first kappa shape index (κ1) is 26.4. The average Bonchev–Trinajstić information content (AvgIpc) is 3.42. The highest BCUT2D eigenvalue weighted by molar-refractivity contribution is 7.89. The van der Waals surface area contributed by atoms with Gasteiger partial charge in [0.1, 0.15) is 4.90 Å². The van der Waals surface area contributed by atoms with Crippen LogP contribution >= 0.6 is 23.2 Å². The Morgan fingerprint density at radius 1 is 0.944 bits per heavy atom. The van der Waals surface area contributed by atoms with Crippen LogP contribution in [-0.4, -0.2) is 99.4 Å². The Hall–Kier alpha value is -2.64. The van der Waals surface area contributed by atoms with Crippen LogP contribution in [0.4, 0.5) is 0 Å². The summed E-state index contributed by atoms with van der Waals surface area (Å²) in [5.41, 5.74) is -0.227. The fourth-order valence-electron chi connectivity index (χ4n) is 3.82. The Morgan fingerprint density at radius 3 is 2.25 bits per heavy atom. The number of sulfonamides is 1. The minimum absolute atomic E-state index is 0.108. The van der Waals surface area contributed by atoms with Gasteiger partial charge < -0.3 is 23.7 Å². The molecule has 2 aromatic rings.